The molecule has 0 aromatic carbocycles. The highest BCUT2D eigenvalue weighted by Crippen LogP contribution is 1.90. The van der Waals surface area contributed by atoms with Crippen LogP contribution < -0.4 is 0 Å². The Morgan fingerprint density at radius 2 is 1.21 bits per heavy atom. The highest BCUT2D eigenvalue weighted by atomic mass is 16.5. The average molecular weight is 354 g/mol. The Morgan fingerprint density at radius 3 is 1.33 bits per heavy atom. The molecular weight excluding hydrogens is 324 g/mol. The van der Waals surface area contributed by atoms with E-state index in [0.717, 1.165) is 12.2 Å². The van der Waals surface area contributed by atoms with Crippen LogP contribution in [0.2, 0.25) is 0 Å². The van der Waals surface area contributed by atoms with Crippen LogP contribution in [0.25, 0.3) is 0 Å². The summed E-state index contributed by atoms with van der Waals surface area (Å²) >= 11 is 0. The van der Waals surface area contributed by atoms with Gasteiger partial charge in [0.05, 0.1) is 38.1 Å². The average Bonchev–Trinajstić information content (AvgIpc) is 2.53. The Hall–Kier alpha value is -1.78. The van der Waals surface area contributed by atoms with E-state index in [1.807, 2.05) is 0 Å². The van der Waals surface area contributed by atoms with Crippen LogP contribution in [0.5, 0.6) is 0 Å². The first-order chi connectivity index (χ1) is 11.0. The van der Waals surface area contributed by atoms with E-state index in [9.17, 15) is 9.59 Å². The van der Waals surface area contributed by atoms with E-state index in [0.29, 0.717) is 6.61 Å². The van der Waals surface area contributed by atoms with Gasteiger partial charge < -0.3 is 35.4 Å². The second-order valence-corrected chi connectivity index (χ2v) is 4.29. The minimum atomic E-state index is -0.981. The van der Waals surface area contributed by atoms with Gasteiger partial charge in [0.1, 0.15) is 0 Å². The molecule has 24 heavy (non-hydrogen) atoms. The van der Waals surface area contributed by atoms with Crippen LogP contribution >= 0.6 is 0 Å². The van der Waals surface area contributed by atoms with Gasteiger partial charge in [0.25, 0.3) is 0 Å². The van der Waals surface area contributed by atoms with Crippen LogP contribution in [0.4, 0.5) is 0 Å². The molecule has 6 N–H and O–H groups in total. The smallest absolute Gasteiger partial charge is 0.327 e. The maximum atomic E-state index is 9.25. The van der Waals surface area contributed by atoms with Crippen molar-refractivity contribution < 1.29 is 45.0 Å². The van der Waals surface area contributed by atoms with Crippen molar-refractivity contribution in [2.75, 3.05) is 19.8 Å². The summed E-state index contributed by atoms with van der Waals surface area (Å²) in [6, 6.07) is 0. The van der Waals surface area contributed by atoms with Crippen molar-refractivity contribution in [3.8, 4) is 0 Å². The molecule has 9 nitrogen and oxygen atoms in total. The summed E-state index contributed by atoms with van der Waals surface area (Å²) in [7, 11) is 0. The predicted octanol–water partition coefficient (Wildman–Crippen LogP) is -0.362. The maximum Gasteiger partial charge on any atom is 0.327 e. The van der Waals surface area contributed by atoms with E-state index in [2.05, 4.69) is 13.2 Å². The first-order valence-corrected chi connectivity index (χ1v) is 6.88. The fourth-order valence-electron chi connectivity index (χ4n) is 0.356. The molecule has 0 radical (unpaired) electrons. The van der Waals surface area contributed by atoms with Crippen molar-refractivity contribution in [3.63, 3.8) is 0 Å². The van der Waals surface area contributed by atoms with Crippen LogP contribution in [-0.2, 0) is 14.3 Å². The van der Waals surface area contributed by atoms with Gasteiger partial charge in [-0.1, -0.05) is 13.2 Å². The van der Waals surface area contributed by atoms with Gasteiger partial charge in [0, 0.05) is 12.2 Å². The SMILES string of the molecule is C=CC(=O)O.C=CC(=O)O.CC(O)CO.CC(O)COC(C)CO. The van der Waals surface area contributed by atoms with Gasteiger partial charge in [-0.15, -0.1) is 0 Å². The molecular formula is C15H30O9. The number of ether oxygens (including phenoxy) is 1. The molecule has 9 heteroatoms. The topological polar surface area (TPSA) is 165 Å². The van der Waals surface area contributed by atoms with Crippen molar-refractivity contribution in [2.45, 2.75) is 39.1 Å². The largest absolute Gasteiger partial charge is 0.478 e. The summed E-state index contributed by atoms with van der Waals surface area (Å²) < 4.78 is 4.95. The Bertz CT molecular complexity index is 296. The zero-order valence-corrected chi connectivity index (χ0v) is 14.3. The number of carboxylic acids is 2. The van der Waals surface area contributed by atoms with Gasteiger partial charge in [0.2, 0.25) is 0 Å². The lowest BCUT2D eigenvalue weighted by Crippen LogP contribution is -2.19. The van der Waals surface area contributed by atoms with Gasteiger partial charge in [-0.2, -0.15) is 0 Å². The van der Waals surface area contributed by atoms with Crippen molar-refractivity contribution in [3.05, 3.63) is 25.3 Å². The van der Waals surface area contributed by atoms with Crippen LogP contribution in [0.1, 0.15) is 20.8 Å². The van der Waals surface area contributed by atoms with Crippen LogP contribution in [-0.4, -0.2) is 80.7 Å². The molecule has 0 aromatic heterocycles. The number of carbonyl (C=O) groups is 2. The lowest BCUT2D eigenvalue weighted by molar-refractivity contribution is -0.132. The number of carboxylic acid groups (broad SMARTS) is 2. The standard InChI is InChI=1S/C6H14O3.C3H8O2.2C3H4O2/c1-5(8)4-9-6(2)3-7;1-3(5)2-4;2*1-2-3(4)5/h5-8H,3-4H2,1-2H3;3-5H,2H2,1H3;2*2H,1H2,(H,4,5). The summed E-state index contributed by atoms with van der Waals surface area (Å²) in [6.45, 7) is 11.0. The van der Waals surface area contributed by atoms with Crippen LogP contribution in [0, 0.1) is 0 Å². The van der Waals surface area contributed by atoms with Gasteiger partial charge in [-0.3, -0.25) is 0 Å². The normalized spacial score (nSPS) is 12.3. The zero-order chi connectivity index (χ0) is 20.1. The number of aliphatic hydroxyl groups is 4. The molecule has 0 aliphatic carbocycles. The number of aliphatic hydroxyl groups excluding tert-OH is 4. The first kappa shape index (κ1) is 30.1. The molecule has 0 saturated heterocycles. The van der Waals surface area contributed by atoms with E-state index in [1.54, 1.807) is 13.8 Å². The van der Waals surface area contributed by atoms with E-state index in [-0.39, 0.29) is 19.3 Å². The summed E-state index contributed by atoms with van der Waals surface area (Å²) in [5, 5.41) is 48.3. The van der Waals surface area contributed by atoms with Crippen molar-refractivity contribution in [1.29, 1.82) is 0 Å². The highest BCUT2D eigenvalue weighted by Gasteiger charge is 2.00. The third-order valence-electron chi connectivity index (χ3n) is 1.49. The fourth-order valence-corrected chi connectivity index (χ4v) is 0.356. The van der Waals surface area contributed by atoms with Crippen molar-refractivity contribution >= 4 is 11.9 Å². The summed E-state index contributed by atoms with van der Waals surface area (Å²) in [5.41, 5.74) is 0. The second-order valence-electron chi connectivity index (χ2n) is 4.29. The van der Waals surface area contributed by atoms with Gasteiger partial charge in [0.15, 0.2) is 0 Å². The Kier molecular flexibility index (Phi) is 29.5. The van der Waals surface area contributed by atoms with Crippen molar-refractivity contribution in [1.82, 2.24) is 0 Å². The summed E-state index contributed by atoms with van der Waals surface area (Å²) in [4.78, 5) is 18.5. The molecule has 144 valence electrons. The molecule has 0 amide bonds. The number of hydrogen-bond acceptors (Lipinski definition) is 7. The molecule has 0 aromatic rings. The molecule has 0 aliphatic heterocycles. The Morgan fingerprint density at radius 1 is 0.917 bits per heavy atom. The summed E-state index contributed by atoms with van der Waals surface area (Å²) in [5.74, 6) is -1.96. The molecule has 0 heterocycles. The van der Waals surface area contributed by atoms with Crippen LogP contribution in [0.3, 0.4) is 0 Å². The molecule has 0 spiro atoms. The second kappa shape index (κ2) is 23.5. The number of hydrogen-bond donors (Lipinski definition) is 6. The molecule has 0 saturated carbocycles. The minimum absolute atomic E-state index is 0.00667. The summed E-state index contributed by atoms with van der Waals surface area (Å²) in [6.07, 6.45) is 0.494. The third-order valence-corrected chi connectivity index (χ3v) is 1.49. The van der Waals surface area contributed by atoms with Crippen molar-refractivity contribution in [2.24, 2.45) is 0 Å². The number of rotatable bonds is 7. The first-order valence-electron chi connectivity index (χ1n) is 6.88. The quantitative estimate of drug-likeness (QED) is 0.335. The molecule has 3 atom stereocenters. The lowest BCUT2D eigenvalue weighted by atomic mass is 10.4. The molecule has 0 fully saturated rings. The third kappa shape index (κ3) is 59.3. The highest BCUT2D eigenvalue weighted by molar-refractivity contribution is 5.79. The van der Waals surface area contributed by atoms with E-state index in [1.165, 1.54) is 6.92 Å². The predicted molar refractivity (Wildman–Crippen MR) is 88.6 cm³/mol. The Balaban J connectivity index is -0.000000116. The minimum Gasteiger partial charge on any atom is -0.478 e. The Labute approximate surface area is 142 Å². The van der Waals surface area contributed by atoms with Gasteiger partial charge in [-0.05, 0) is 20.8 Å². The molecule has 3 unspecified atom stereocenters. The van der Waals surface area contributed by atoms with E-state index < -0.39 is 24.1 Å². The number of aliphatic carboxylic acids is 2. The lowest BCUT2D eigenvalue weighted by Gasteiger charge is -2.10. The molecule has 0 bridgehead atoms. The monoisotopic (exact) mass is 354 g/mol. The van der Waals surface area contributed by atoms with Gasteiger partial charge >= 0.3 is 11.9 Å². The fraction of sp³-hybridized carbons (Fsp3) is 0.600. The maximum absolute atomic E-state index is 9.25. The van der Waals surface area contributed by atoms with E-state index >= 15 is 0 Å². The van der Waals surface area contributed by atoms with Gasteiger partial charge in [-0.25, -0.2) is 9.59 Å². The molecule has 0 rings (SSSR count). The molecule has 0 aliphatic rings. The zero-order valence-electron chi connectivity index (χ0n) is 14.3. The van der Waals surface area contributed by atoms with E-state index in [4.69, 9.17) is 35.4 Å². The van der Waals surface area contributed by atoms with Crippen LogP contribution in [0.15, 0.2) is 25.3 Å².